The number of nitrogens with zero attached hydrogens (tertiary/aromatic N) is 2. The molecule has 4 rings (SSSR count). The van der Waals surface area contributed by atoms with E-state index >= 15 is 0 Å². The molecule has 25 heavy (non-hydrogen) atoms. The van der Waals surface area contributed by atoms with Crippen LogP contribution >= 0.6 is 11.6 Å². The van der Waals surface area contributed by atoms with Crippen LogP contribution in [0.15, 0.2) is 59.0 Å². The molecule has 0 bridgehead atoms. The minimum atomic E-state index is -0.521. The van der Waals surface area contributed by atoms with Gasteiger partial charge in [0, 0.05) is 0 Å². The van der Waals surface area contributed by atoms with E-state index in [2.05, 4.69) is 10.2 Å². The Balaban J connectivity index is 1.44. The van der Waals surface area contributed by atoms with E-state index in [0.717, 1.165) is 18.4 Å². The molecule has 2 aromatic carbocycles. The molecule has 1 fully saturated rings. The standard InChI is InChI=1S/C19H15ClN2O3/c20-15-9-5-4-8-14(15)17-22-21-16(25-17)12-24-18(23)19(10-11-19)13-6-2-1-3-7-13/h1-9H,10-12H2. The Bertz CT molecular complexity index is 904. The van der Waals surface area contributed by atoms with Crippen molar-refractivity contribution in [1.29, 1.82) is 0 Å². The molecule has 0 amide bonds. The molecule has 0 atom stereocenters. The number of esters is 1. The summed E-state index contributed by atoms with van der Waals surface area (Å²) < 4.78 is 11.0. The number of aromatic nitrogens is 2. The van der Waals surface area contributed by atoms with Crippen molar-refractivity contribution in [1.82, 2.24) is 10.2 Å². The van der Waals surface area contributed by atoms with Gasteiger partial charge in [0.2, 0.25) is 5.89 Å². The summed E-state index contributed by atoms with van der Waals surface area (Å²) in [4.78, 5) is 12.5. The van der Waals surface area contributed by atoms with E-state index in [1.54, 1.807) is 12.1 Å². The highest BCUT2D eigenvalue weighted by molar-refractivity contribution is 6.33. The van der Waals surface area contributed by atoms with Crippen LogP contribution in [0, 0.1) is 0 Å². The molecule has 0 aliphatic heterocycles. The Morgan fingerprint density at radius 2 is 1.80 bits per heavy atom. The SMILES string of the molecule is O=C(OCc1nnc(-c2ccccc2Cl)o1)C1(c2ccccc2)CC1. The van der Waals surface area contributed by atoms with Gasteiger partial charge in [0.15, 0.2) is 6.61 Å². The molecule has 126 valence electrons. The highest BCUT2D eigenvalue weighted by atomic mass is 35.5. The van der Waals surface area contributed by atoms with Crippen LogP contribution in [0.1, 0.15) is 24.3 Å². The van der Waals surface area contributed by atoms with Crippen LogP contribution < -0.4 is 0 Å². The fraction of sp³-hybridized carbons (Fsp3) is 0.211. The summed E-state index contributed by atoms with van der Waals surface area (Å²) in [5.41, 5.74) is 1.12. The second-order valence-electron chi connectivity index (χ2n) is 6.01. The smallest absolute Gasteiger partial charge is 0.317 e. The highest BCUT2D eigenvalue weighted by Gasteiger charge is 2.52. The van der Waals surface area contributed by atoms with Crippen LogP contribution in [0.3, 0.4) is 0 Å². The lowest BCUT2D eigenvalue weighted by Gasteiger charge is -2.13. The number of carbonyl (C=O) groups excluding carboxylic acids is 1. The largest absolute Gasteiger partial charge is 0.455 e. The van der Waals surface area contributed by atoms with Crippen LogP contribution in [-0.2, 0) is 21.6 Å². The van der Waals surface area contributed by atoms with Crippen LogP contribution in [0.5, 0.6) is 0 Å². The molecule has 0 unspecified atom stereocenters. The van der Waals surface area contributed by atoms with Gasteiger partial charge in [-0.3, -0.25) is 4.79 Å². The normalized spacial score (nSPS) is 14.9. The van der Waals surface area contributed by atoms with Gasteiger partial charge in [0.05, 0.1) is 16.0 Å². The Labute approximate surface area is 149 Å². The van der Waals surface area contributed by atoms with E-state index < -0.39 is 5.41 Å². The number of hydrogen-bond acceptors (Lipinski definition) is 5. The van der Waals surface area contributed by atoms with Crippen molar-refractivity contribution in [2.75, 3.05) is 0 Å². The zero-order valence-corrected chi connectivity index (χ0v) is 14.1. The average Bonchev–Trinajstić information content (AvgIpc) is 3.33. The summed E-state index contributed by atoms with van der Waals surface area (Å²) in [7, 11) is 0. The fourth-order valence-electron chi connectivity index (χ4n) is 2.81. The second-order valence-corrected chi connectivity index (χ2v) is 6.41. The lowest BCUT2D eigenvalue weighted by atomic mass is 9.96. The lowest BCUT2D eigenvalue weighted by molar-refractivity contribution is -0.148. The van der Waals surface area contributed by atoms with E-state index in [0.29, 0.717) is 16.5 Å². The van der Waals surface area contributed by atoms with Crippen LogP contribution in [0.2, 0.25) is 5.02 Å². The third-order valence-electron chi connectivity index (χ3n) is 4.36. The number of ether oxygens (including phenoxy) is 1. The van der Waals surface area contributed by atoms with Gasteiger partial charge >= 0.3 is 5.97 Å². The van der Waals surface area contributed by atoms with Crippen molar-refractivity contribution in [3.05, 3.63) is 71.1 Å². The van der Waals surface area contributed by atoms with Gasteiger partial charge in [0.1, 0.15) is 0 Å². The van der Waals surface area contributed by atoms with Gasteiger partial charge in [0.25, 0.3) is 5.89 Å². The first-order valence-corrected chi connectivity index (χ1v) is 8.37. The monoisotopic (exact) mass is 354 g/mol. The molecule has 0 N–H and O–H groups in total. The third-order valence-corrected chi connectivity index (χ3v) is 4.69. The maximum Gasteiger partial charge on any atom is 0.317 e. The Hall–Kier alpha value is -2.66. The number of halogens is 1. The molecule has 0 radical (unpaired) electrons. The highest BCUT2D eigenvalue weighted by Crippen LogP contribution is 2.49. The average molecular weight is 355 g/mol. The van der Waals surface area contributed by atoms with Gasteiger partial charge < -0.3 is 9.15 Å². The zero-order chi connectivity index (χ0) is 17.3. The molecule has 0 saturated heterocycles. The molecular formula is C19H15ClN2O3. The fourth-order valence-corrected chi connectivity index (χ4v) is 3.03. The van der Waals surface area contributed by atoms with Gasteiger partial charge in [-0.15, -0.1) is 10.2 Å². The quantitative estimate of drug-likeness (QED) is 0.643. The van der Waals surface area contributed by atoms with Crippen molar-refractivity contribution in [3.8, 4) is 11.5 Å². The molecule has 6 heteroatoms. The summed E-state index contributed by atoms with van der Waals surface area (Å²) in [6, 6.07) is 16.9. The Kier molecular flexibility index (Phi) is 4.01. The minimum Gasteiger partial charge on any atom is -0.455 e. The van der Waals surface area contributed by atoms with Crippen LogP contribution in [0.4, 0.5) is 0 Å². The van der Waals surface area contributed by atoms with Crippen LogP contribution in [-0.4, -0.2) is 16.2 Å². The van der Waals surface area contributed by atoms with E-state index in [9.17, 15) is 4.79 Å². The number of carbonyl (C=O) groups is 1. The molecule has 1 heterocycles. The first-order valence-electron chi connectivity index (χ1n) is 7.99. The molecule has 1 aliphatic rings. The summed E-state index contributed by atoms with van der Waals surface area (Å²) in [5.74, 6) is 0.296. The number of hydrogen-bond donors (Lipinski definition) is 0. The van der Waals surface area contributed by atoms with Crippen molar-refractivity contribution in [3.63, 3.8) is 0 Å². The molecule has 5 nitrogen and oxygen atoms in total. The lowest BCUT2D eigenvalue weighted by Crippen LogP contribution is -2.23. The summed E-state index contributed by atoms with van der Waals surface area (Å²) in [6.45, 7) is -0.0507. The summed E-state index contributed by atoms with van der Waals surface area (Å²) >= 11 is 6.12. The zero-order valence-electron chi connectivity index (χ0n) is 13.3. The van der Waals surface area contributed by atoms with Crippen molar-refractivity contribution in [2.24, 2.45) is 0 Å². The maximum absolute atomic E-state index is 12.5. The minimum absolute atomic E-state index is 0.0507. The van der Waals surface area contributed by atoms with Crippen molar-refractivity contribution < 1.29 is 13.9 Å². The predicted octanol–water partition coefficient (Wildman–Crippen LogP) is 4.17. The van der Waals surface area contributed by atoms with Gasteiger partial charge in [-0.2, -0.15) is 0 Å². The maximum atomic E-state index is 12.5. The molecule has 1 saturated carbocycles. The molecule has 1 aromatic heterocycles. The van der Waals surface area contributed by atoms with E-state index in [-0.39, 0.29) is 18.5 Å². The van der Waals surface area contributed by atoms with Crippen molar-refractivity contribution in [2.45, 2.75) is 24.9 Å². The van der Waals surface area contributed by atoms with Gasteiger partial charge in [-0.05, 0) is 30.5 Å². The first kappa shape index (κ1) is 15.8. The second kappa shape index (κ2) is 6.33. The van der Waals surface area contributed by atoms with E-state index in [1.165, 1.54) is 0 Å². The van der Waals surface area contributed by atoms with E-state index in [1.807, 2.05) is 42.5 Å². The molecule has 3 aromatic rings. The Morgan fingerprint density at radius 3 is 2.52 bits per heavy atom. The van der Waals surface area contributed by atoms with Crippen molar-refractivity contribution >= 4 is 17.6 Å². The molecule has 0 spiro atoms. The van der Waals surface area contributed by atoms with Crippen LogP contribution in [0.25, 0.3) is 11.5 Å². The molecule has 1 aliphatic carbocycles. The number of rotatable bonds is 5. The third kappa shape index (κ3) is 3.03. The van der Waals surface area contributed by atoms with E-state index in [4.69, 9.17) is 20.8 Å². The summed E-state index contributed by atoms with van der Waals surface area (Å²) in [6.07, 6.45) is 1.59. The first-order chi connectivity index (χ1) is 12.2. The van der Waals surface area contributed by atoms with Gasteiger partial charge in [-0.1, -0.05) is 54.1 Å². The van der Waals surface area contributed by atoms with Gasteiger partial charge in [-0.25, -0.2) is 0 Å². The predicted molar refractivity (Wildman–Crippen MR) is 91.9 cm³/mol. The Morgan fingerprint density at radius 1 is 1.08 bits per heavy atom. The topological polar surface area (TPSA) is 65.2 Å². The summed E-state index contributed by atoms with van der Waals surface area (Å²) in [5, 5.41) is 8.42. The number of benzene rings is 2. The molecular weight excluding hydrogens is 340 g/mol.